The Balaban J connectivity index is 2.04. The van der Waals surface area contributed by atoms with Crippen LogP contribution >= 0.6 is 0 Å². The van der Waals surface area contributed by atoms with Crippen LogP contribution < -0.4 is 0 Å². The average Bonchev–Trinajstić information content (AvgIpc) is 2.27. The Labute approximate surface area is 63.3 Å². The van der Waals surface area contributed by atoms with Crippen LogP contribution in [0.4, 0.5) is 0 Å². The second-order valence-corrected chi connectivity index (χ2v) is 3.96. The molecule has 0 spiro atoms. The third-order valence-corrected chi connectivity index (χ3v) is 3.17. The Morgan fingerprint density at radius 3 is 2.00 bits per heavy atom. The second-order valence-electron chi connectivity index (χ2n) is 3.96. The molecule has 2 atom stereocenters. The molecular formula is C10H16. The van der Waals surface area contributed by atoms with E-state index in [2.05, 4.69) is 6.58 Å². The summed E-state index contributed by atoms with van der Waals surface area (Å²) in [5, 5.41) is 0. The lowest BCUT2D eigenvalue weighted by molar-refractivity contribution is 0.277. The second kappa shape index (κ2) is 2.41. The van der Waals surface area contributed by atoms with Crippen LogP contribution in [-0.4, -0.2) is 0 Å². The van der Waals surface area contributed by atoms with E-state index in [-0.39, 0.29) is 0 Å². The zero-order valence-corrected chi connectivity index (χ0v) is 6.60. The zero-order valence-electron chi connectivity index (χ0n) is 6.60. The van der Waals surface area contributed by atoms with Gasteiger partial charge in [-0.05, 0) is 37.5 Å². The van der Waals surface area contributed by atoms with Gasteiger partial charge in [0.2, 0.25) is 0 Å². The number of fused-ring (bicyclic) bond motifs is 1. The first kappa shape index (κ1) is 6.45. The van der Waals surface area contributed by atoms with Crippen molar-refractivity contribution in [3.8, 4) is 0 Å². The maximum Gasteiger partial charge on any atom is -0.0292 e. The van der Waals surface area contributed by atoms with Gasteiger partial charge in [0.25, 0.3) is 0 Å². The predicted molar refractivity (Wildman–Crippen MR) is 43.8 cm³/mol. The van der Waals surface area contributed by atoms with E-state index in [4.69, 9.17) is 0 Å². The third-order valence-electron chi connectivity index (χ3n) is 3.17. The van der Waals surface area contributed by atoms with E-state index in [9.17, 15) is 0 Å². The van der Waals surface area contributed by atoms with Gasteiger partial charge in [-0.25, -0.2) is 0 Å². The molecule has 2 saturated carbocycles. The van der Waals surface area contributed by atoms with Gasteiger partial charge in [-0.3, -0.25) is 0 Å². The predicted octanol–water partition coefficient (Wildman–Crippen LogP) is 3.14. The molecule has 0 N–H and O–H groups in total. The van der Waals surface area contributed by atoms with Gasteiger partial charge in [-0.1, -0.05) is 25.0 Å². The van der Waals surface area contributed by atoms with Crippen molar-refractivity contribution in [2.24, 2.45) is 11.8 Å². The van der Waals surface area contributed by atoms with E-state index in [1.54, 1.807) is 0 Å². The third kappa shape index (κ3) is 1.00. The van der Waals surface area contributed by atoms with Gasteiger partial charge in [0.05, 0.1) is 0 Å². The molecule has 0 radical (unpaired) electrons. The first-order valence-electron chi connectivity index (χ1n) is 4.53. The van der Waals surface area contributed by atoms with Crippen LogP contribution in [0.5, 0.6) is 0 Å². The molecule has 0 nitrogen and oxygen atoms in total. The minimum absolute atomic E-state index is 1.04. The summed E-state index contributed by atoms with van der Waals surface area (Å²) in [6.07, 6.45) is 8.64. The first-order valence-corrected chi connectivity index (χ1v) is 4.53. The molecule has 56 valence electrons. The van der Waals surface area contributed by atoms with Crippen LogP contribution in [0.15, 0.2) is 12.2 Å². The first-order chi connectivity index (χ1) is 4.86. The highest BCUT2D eigenvalue weighted by molar-refractivity contribution is 5.06. The zero-order chi connectivity index (χ0) is 6.97. The summed E-state index contributed by atoms with van der Waals surface area (Å²) in [5.74, 6) is 2.09. The fraction of sp³-hybridized carbons (Fsp3) is 0.800. The molecule has 0 heterocycles. The Morgan fingerprint density at radius 1 is 1.00 bits per heavy atom. The van der Waals surface area contributed by atoms with Gasteiger partial charge in [0, 0.05) is 0 Å². The maximum absolute atomic E-state index is 4.08. The highest BCUT2D eigenvalue weighted by Crippen LogP contribution is 2.43. The number of allylic oxidation sites excluding steroid dienone is 1. The molecule has 2 aliphatic rings. The van der Waals surface area contributed by atoms with Crippen LogP contribution in [0.1, 0.15) is 38.5 Å². The van der Waals surface area contributed by atoms with Gasteiger partial charge in [-0.2, -0.15) is 0 Å². The Hall–Kier alpha value is -0.260. The van der Waals surface area contributed by atoms with Crippen LogP contribution in [0.2, 0.25) is 0 Å². The van der Waals surface area contributed by atoms with Gasteiger partial charge < -0.3 is 0 Å². The van der Waals surface area contributed by atoms with Gasteiger partial charge in [0.1, 0.15) is 0 Å². The minimum Gasteiger partial charge on any atom is -0.0998 e. The van der Waals surface area contributed by atoms with Crippen LogP contribution in [0.3, 0.4) is 0 Å². The van der Waals surface area contributed by atoms with Crippen LogP contribution in [0, 0.1) is 11.8 Å². The summed E-state index contributed by atoms with van der Waals surface area (Å²) in [5.41, 5.74) is 1.52. The fourth-order valence-corrected chi connectivity index (χ4v) is 2.65. The van der Waals surface area contributed by atoms with Crippen molar-refractivity contribution in [1.29, 1.82) is 0 Å². The standard InChI is InChI=1S/C10H16/c1-8-6-9-4-2-3-5-10(9)7-8/h9-10H,1-7H2/t9-,10-/m0/s1. The summed E-state index contributed by atoms with van der Waals surface area (Å²) in [4.78, 5) is 0. The fourth-order valence-electron chi connectivity index (χ4n) is 2.65. The molecule has 10 heavy (non-hydrogen) atoms. The summed E-state index contributed by atoms with van der Waals surface area (Å²) in [6, 6.07) is 0. The van der Waals surface area contributed by atoms with Crippen molar-refractivity contribution in [1.82, 2.24) is 0 Å². The van der Waals surface area contributed by atoms with Gasteiger partial charge >= 0.3 is 0 Å². The molecule has 0 aromatic rings. The molecule has 2 aliphatic carbocycles. The normalized spacial score (nSPS) is 39.8. The van der Waals surface area contributed by atoms with Crippen LogP contribution in [-0.2, 0) is 0 Å². The Kier molecular flexibility index (Phi) is 1.55. The van der Waals surface area contributed by atoms with E-state index in [1.165, 1.54) is 44.1 Å². The SMILES string of the molecule is C=C1C[C@@H]2CCCC[C@H]2C1. The van der Waals surface area contributed by atoms with Crippen LogP contribution in [0.25, 0.3) is 0 Å². The highest BCUT2D eigenvalue weighted by atomic mass is 14.4. The van der Waals surface area contributed by atoms with Gasteiger partial charge in [0.15, 0.2) is 0 Å². The molecule has 0 saturated heterocycles. The van der Waals surface area contributed by atoms with Crippen molar-refractivity contribution in [3.63, 3.8) is 0 Å². The van der Waals surface area contributed by atoms with Crippen molar-refractivity contribution in [3.05, 3.63) is 12.2 Å². The van der Waals surface area contributed by atoms with Gasteiger partial charge in [-0.15, -0.1) is 0 Å². The summed E-state index contributed by atoms with van der Waals surface area (Å²) in [7, 11) is 0. The van der Waals surface area contributed by atoms with E-state index >= 15 is 0 Å². The molecule has 0 aromatic carbocycles. The minimum atomic E-state index is 1.04. The molecular weight excluding hydrogens is 120 g/mol. The monoisotopic (exact) mass is 136 g/mol. The molecule has 0 aliphatic heterocycles. The molecule has 0 aromatic heterocycles. The number of hydrogen-bond acceptors (Lipinski definition) is 0. The van der Waals surface area contributed by atoms with E-state index in [0.29, 0.717) is 0 Å². The van der Waals surface area contributed by atoms with E-state index in [0.717, 1.165) is 11.8 Å². The Bertz CT molecular complexity index is 130. The van der Waals surface area contributed by atoms with Crippen molar-refractivity contribution in [2.75, 3.05) is 0 Å². The average molecular weight is 136 g/mol. The van der Waals surface area contributed by atoms with Crippen molar-refractivity contribution >= 4 is 0 Å². The summed E-state index contributed by atoms with van der Waals surface area (Å²) >= 11 is 0. The lowest BCUT2D eigenvalue weighted by Gasteiger charge is -2.23. The molecule has 0 heteroatoms. The van der Waals surface area contributed by atoms with E-state index < -0.39 is 0 Å². The highest BCUT2D eigenvalue weighted by Gasteiger charge is 2.30. The summed E-state index contributed by atoms with van der Waals surface area (Å²) in [6.45, 7) is 4.08. The van der Waals surface area contributed by atoms with E-state index in [1.807, 2.05) is 0 Å². The lowest BCUT2D eigenvalue weighted by Crippen LogP contribution is -2.12. The molecule has 0 unspecified atom stereocenters. The molecule has 2 rings (SSSR count). The molecule has 0 amide bonds. The van der Waals surface area contributed by atoms with Crippen molar-refractivity contribution < 1.29 is 0 Å². The Morgan fingerprint density at radius 2 is 1.50 bits per heavy atom. The number of hydrogen-bond donors (Lipinski definition) is 0. The molecule has 2 fully saturated rings. The maximum atomic E-state index is 4.08. The topological polar surface area (TPSA) is 0 Å². The smallest absolute Gasteiger partial charge is 0.0292 e. The lowest BCUT2D eigenvalue weighted by atomic mass is 9.82. The summed E-state index contributed by atoms with van der Waals surface area (Å²) < 4.78 is 0. The molecule has 0 bridgehead atoms. The quantitative estimate of drug-likeness (QED) is 0.449. The number of rotatable bonds is 0. The van der Waals surface area contributed by atoms with Crippen molar-refractivity contribution in [2.45, 2.75) is 38.5 Å². The largest absolute Gasteiger partial charge is 0.0998 e.